The van der Waals surface area contributed by atoms with Gasteiger partial charge < -0.3 is 19.3 Å². The van der Waals surface area contributed by atoms with Crippen LogP contribution >= 0.6 is 7.82 Å². The number of ether oxygens (including phenoxy) is 2. The van der Waals surface area contributed by atoms with Crippen molar-refractivity contribution in [3.05, 3.63) is 48.6 Å². The van der Waals surface area contributed by atoms with Crippen molar-refractivity contribution < 1.29 is 37.9 Å². The van der Waals surface area contributed by atoms with Gasteiger partial charge in [0, 0.05) is 12.8 Å². The Bertz CT molecular complexity index is 859. The fourth-order valence-corrected chi connectivity index (χ4v) is 4.63. The molecule has 8 nitrogen and oxygen atoms in total. The maximum absolute atomic E-state index is 12.3. The molecule has 0 heterocycles. The number of rotatable bonds is 30. The zero-order valence-corrected chi connectivity index (χ0v) is 28.4. The first kappa shape index (κ1) is 42.0. The molecule has 0 radical (unpaired) electrons. The molecule has 44 heavy (non-hydrogen) atoms. The monoisotopic (exact) mass is 640 g/mol. The summed E-state index contributed by atoms with van der Waals surface area (Å²) in [4.78, 5) is 42.5. The van der Waals surface area contributed by atoms with E-state index in [1.165, 1.54) is 12.8 Å². The lowest BCUT2D eigenvalue weighted by atomic mass is 10.1. The van der Waals surface area contributed by atoms with Gasteiger partial charge in [0.15, 0.2) is 6.10 Å². The van der Waals surface area contributed by atoms with Gasteiger partial charge >= 0.3 is 19.8 Å². The Balaban J connectivity index is 4.07. The van der Waals surface area contributed by atoms with Crippen molar-refractivity contribution in [2.45, 2.75) is 148 Å². The number of phosphoric acid groups is 1. The molecule has 0 aromatic carbocycles. The van der Waals surface area contributed by atoms with Crippen molar-refractivity contribution >= 4 is 19.8 Å². The summed E-state index contributed by atoms with van der Waals surface area (Å²) in [5, 5.41) is 0. The molecule has 0 amide bonds. The minimum Gasteiger partial charge on any atom is -0.462 e. The smallest absolute Gasteiger partial charge is 0.462 e. The molecule has 0 aromatic rings. The van der Waals surface area contributed by atoms with E-state index in [2.05, 4.69) is 67.0 Å². The average Bonchev–Trinajstić information content (AvgIpc) is 2.98. The van der Waals surface area contributed by atoms with Crippen molar-refractivity contribution in [2.24, 2.45) is 0 Å². The van der Waals surface area contributed by atoms with Crippen LogP contribution in [-0.4, -0.2) is 41.0 Å². The summed E-state index contributed by atoms with van der Waals surface area (Å²) in [6.07, 6.45) is 35.4. The van der Waals surface area contributed by atoms with Crippen LogP contribution in [0.5, 0.6) is 0 Å². The molecule has 2 N–H and O–H groups in total. The van der Waals surface area contributed by atoms with Gasteiger partial charge in [-0.3, -0.25) is 14.1 Å². The maximum atomic E-state index is 12.3. The molecular weight excluding hydrogens is 579 g/mol. The summed E-state index contributed by atoms with van der Waals surface area (Å²) < 4.78 is 26.2. The fraction of sp³-hybridized carbons (Fsp3) is 0.714. The van der Waals surface area contributed by atoms with E-state index in [4.69, 9.17) is 19.3 Å². The van der Waals surface area contributed by atoms with E-state index >= 15 is 0 Å². The quantitative estimate of drug-likeness (QED) is 0.0345. The third kappa shape index (κ3) is 32.9. The number of allylic oxidation sites excluding steroid dienone is 8. The highest BCUT2D eigenvalue weighted by Gasteiger charge is 2.22. The number of carbonyl (C=O) groups is 2. The van der Waals surface area contributed by atoms with Gasteiger partial charge in [0.2, 0.25) is 0 Å². The minimum atomic E-state index is -4.75. The molecule has 0 saturated carbocycles. The SMILES string of the molecule is CCC/C=C\C/C=C\CCCCCCCC(=O)OCC(COP(=O)(O)O)OC(=O)CCCCCCC/C=C\C/C=C\CCC. The lowest BCUT2D eigenvalue weighted by Crippen LogP contribution is -2.29. The maximum Gasteiger partial charge on any atom is 0.469 e. The van der Waals surface area contributed by atoms with E-state index in [0.29, 0.717) is 12.8 Å². The van der Waals surface area contributed by atoms with E-state index < -0.39 is 32.5 Å². The number of carbonyl (C=O) groups excluding carboxylic acids is 2. The van der Waals surface area contributed by atoms with Crippen LogP contribution in [-0.2, 0) is 28.2 Å². The van der Waals surface area contributed by atoms with Crippen molar-refractivity contribution in [1.29, 1.82) is 0 Å². The van der Waals surface area contributed by atoms with Crippen LogP contribution in [0.15, 0.2) is 48.6 Å². The normalized spacial score (nSPS) is 13.1. The molecule has 0 spiro atoms. The van der Waals surface area contributed by atoms with Crippen LogP contribution in [0.3, 0.4) is 0 Å². The molecule has 0 rings (SSSR count). The third-order valence-electron chi connectivity index (χ3n) is 6.78. The molecule has 0 aliphatic carbocycles. The van der Waals surface area contributed by atoms with Crippen LogP contribution < -0.4 is 0 Å². The molecule has 0 aromatic heterocycles. The summed E-state index contributed by atoms with van der Waals surface area (Å²) in [6.45, 7) is 3.50. The molecule has 0 aliphatic rings. The van der Waals surface area contributed by atoms with E-state index in [-0.39, 0.29) is 19.4 Å². The predicted octanol–water partition coefficient (Wildman–Crippen LogP) is 9.62. The topological polar surface area (TPSA) is 119 Å². The average molecular weight is 641 g/mol. The first-order valence-corrected chi connectivity index (χ1v) is 18.5. The van der Waals surface area contributed by atoms with E-state index in [9.17, 15) is 14.2 Å². The van der Waals surface area contributed by atoms with Crippen molar-refractivity contribution in [3.63, 3.8) is 0 Å². The zero-order chi connectivity index (χ0) is 32.6. The number of phosphoric ester groups is 1. The molecule has 0 bridgehead atoms. The Labute approximate surface area is 267 Å². The summed E-state index contributed by atoms with van der Waals surface area (Å²) in [7, 11) is -4.75. The van der Waals surface area contributed by atoms with Crippen LogP contribution in [0.25, 0.3) is 0 Å². The Morgan fingerprint density at radius 1 is 0.591 bits per heavy atom. The summed E-state index contributed by atoms with van der Waals surface area (Å²) in [5.74, 6) is -0.925. The second kappa shape index (κ2) is 31.0. The Morgan fingerprint density at radius 3 is 1.50 bits per heavy atom. The van der Waals surface area contributed by atoms with Gasteiger partial charge in [0.25, 0.3) is 0 Å². The molecule has 254 valence electrons. The second-order valence-electron chi connectivity index (χ2n) is 11.1. The van der Waals surface area contributed by atoms with Gasteiger partial charge in [-0.25, -0.2) is 4.57 Å². The largest absolute Gasteiger partial charge is 0.469 e. The van der Waals surface area contributed by atoms with Gasteiger partial charge in [-0.05, 0) is 64.2 Å². The Morgan fingerprint density at radius 2 is 1.02 bits per heavy atom. The van der Waals surface area contributed by atoms with E-state index in [0.717, 1.165) is 89.9 Å². The van der Waals surface area contributed by atoms with Gasteiger partial charge in [-0.2, -0.15) is 0 Å². The number of unbranched alkanes of at least 4 members (excludes halogenated alkanes) is 12. The summed E-state index contributed by atoms with van der Waals surface area (Å²) >= 11 is 0. The van der Waals surface area contributed by atoms with Crippen molar-refractivity contribution in [3.8, 4) is 0 Å². The summed E-state index contributed by atoms with van der Waals surface area (Å²) in [5.41, 5.74) is 0. The lowest BCUT2D eigenvalue weighted by Gasteiger charge is -2.18. The predicted molar refractivity (Wildman–Crippen MR) is 179 cm³/mol. The number of hydrogen-bond acceptors (Lipinski definition) is 6. The lowest BCUT2D eigenvalue weighted by molar-refractivity contribution is -0.161. The van der Waals surface area contributed by atoms with Crippen molar-refractivity contribution in [1.82, 2.24) is 0 Å². The highest BCUT2D eigenvalue weighted by molar-refractivity contribution is 7.46. The highest BCUT2D eigenvalue weighted by atomic mass is 31.2. The van der Waals surface area contributed by atoms with Crippen LogP contribution in [0, 0.1) is 0 Å². The molecule has 1 atom stereocenters. The first-order valence-electron chi connectivity index (χ1n) is 16.9. The first-order chi connectivity index (χ1) is 21.3. The molecule has 0 aliphatic heterocycles. The Hall–Kier alpha value is -1.99. The molecule has 1 unspecified atom stereocenters. The number of hydrogen-bond donors (Lipinski definition) is 2. The molecule has 0 saturated heterocycles. The fourth-order valence-electron chi connectivity index (χ4n) is 4.27. The standard InChI is InChI=1S/C35H61O8P/c1-3-5-7-9-11-13-15-17-19-21-23-25-27-29-34(36)41-31-33(32-42-44(38,39)40)43-35(37)30-28-26-24-22-20-18-16-14-12-10-8-6-4-2/h7-10,13-16,33H,3-6,11-12,17-32H2,1-2H3,(H2,38,39,40)/b9-7-,10-8-,15-13-,16-14-. The minimum absolute atomic E-state index is 0.191. The van der Waals surface area contributed by atoms with Gasteiger partial charge in [-0.15, -0.1) is 0 Å². The van der Waals surface area contributed by atoms with Gasteiger partial charge in [0.05, 0.1) is 6.61 Å². The van der Waals surface area contributed by atoms with Crippen LogP contribution in [0.2, 0.25) is 0 Å². The van der Waals surface area contributed by atoms with E-state index in [1.807, 2.05) is 0 Å². The van der Waals surface area contributed by atoms with E-state index in [1.54, 1.807) is 0 Å². The molecule has 0 fully saturated rings. The second-order valence-corrected chi connectivity index (χ2v) is 12.4. The summed E-state index contributed by atoms with van der Waals surface area (Å²) in [6, 6.07) is 0. The Kier molecular flexibility index (Phi) is 29.6. The van der Waals surface area contributed by atoms with Crippen molar-refractivity contribution in [2.75, 3.05) is 13.2 Å². The van der Waals surface area contributed by atoms with Crippen LogP contribution in [0.4, 0.5) is 0 Å². The van der Waals surface area contributed by atoms with Gasteiger partial charge in [-0.1, -0.05) is 114 Å². The van der Waals surface area contributed by atoms with Crippen LogP contribution in [0.1, 0.15) is 142 Å². The molecule has 9 heteroatoms. The number of esters is 2. The highest BCUT2D eigenvalue weighted by Crippen LogP contribution is 2.35. The third-order valence-corrected chi connectivity index (χ3v) is 7.27. The van der Waals surface area contributed by atoms with Gasteiger partial charge in [0.1, 0.15) is 6.61 Å². The zero-order valence-electron chi connectivity index (χ0n) is 27.5. The molecular formula is C35H61O8P.